The summed E-state index contributed by atoms with van der Waals surface area (Å²) >= 11 is 0.844. The van der Waals surface area contributed by atoms with Crippen molar-refractivity contribution in [1.29, 1.82) is 5.26 Å². The van der Waals surface area contributed by atoms with Crippen LogP contribution >= 0.6 is 11.8 Å². The van der Waals surface area contributed by atoms with Crippen molar-refractivity contribution < 1.29 is 22.8 Å². The first-order valence-corrected chi connectivity index (χ1v) is 9.81. The Hall–Kier alpha value is -2.28. The fourth-order valence-corrected chi connectivity index (χ4v) is 4.03. The van der Waals surface area contributed by atoms with E-state index >= 15 is 0 Å². The lowest BCUT2D eigenvalue weighted by molar-refractivity contribution is -0.140. The first-order chi connectivity index (χ1) is 13.1. The van der Waals surface area contributed by atoms with Gasteiger partial charge in [-0.15, -0.1) is 0 Å². The number of amides is 2. The van der Waals surface area contributed by atoms with Gasteiger partial charge in [0.25, 0.3) is 0 Å². The van der Waals surface area contributed by atoms with Crippen LogP contribution < -0.4 is 0 Å². The summed E-state index contributed by atoms with van der Waals surface area (Å²) in [6.45, 7) is 5.94. The molecule has 0 fully saturated rings. The molecular formula is C18H21F3N4O2S. The highest BCUT2D eigenvalue weighted by molar-refractivity contribution is 8.00. The van der Waals surface area contributed by atoms with Crippen molar-refractivity contribution in [2.75, 3.05) is 25.4 Å². The lowest BCUT2D eigenvalue weighted by Crippen LogP contribution is -2.36. The van der Waals surface area contributed by atoms with Gasteiger partial charge in [-0.2, -0.15) is 18.4 Å². The number of pyridine rings is 1. The minimum absolute atomic E-state index is 0.0923. The first-order valence-electron chi connectivity index (χ1n) is 8.83. The zero-order valence-electron chi connectivity index (χ0n) is 15.9. The number of carbonyl (C=O) groups is 2. The van der Waals surface area contributed by atoms with Crippen LogP contribution in [0.5, 0.6) is 0 Å². The molecule has 0 aromatic carbocycles. The van der Waals surface area contributed by atoms with Crippen molar-refractivity contribution in [2.24, 2.45) is 0 Å². The molecule has 0 atom stereocenters. The number of carbonyl (C=O) groups excluding carboxylic acids is 2. The van der Waals surface area contributed by atoms with Gasteiger partial charge < -0.3 is 9.80 Å². The van der Waals surface area contributed by atoms with Gasteiger partial charge >= 0.3 is 6.18 Å². The van der Waals surface area contributed by atoms with Crippen molar-refractivity contribution in [1.82, 2.24) is 14.8 Å². The molecule has 2 rings (SSSR count). The monoisotopic (exact) mass is 414 g/mol. The average molecular weight is 414 g/mol. The van der Waals surface area contributed by atoms with E-state index in [1.54, 1.807) is 11.0 Å². The number of aromatic nitrogens is 1. The van der Waals surface area contributed by atoms with Gasteiger partial charge in [0.05, 0.1) is 16.9 Å². The van der Waals surface area contributed by atoms with Gasteiger partial charge in [0.15, 0.2) is 0 Å². The number of fused-ring (bicyclic) bond motifs is 1. The Morgan fingerprint density at radius 1 is 1.32 bits per heavy atom. The molecule has 6 nitrogen and oxygen atoms in total. The molecule has 1 aliphatic heterocycles. The summed E-state index contributed by atoms with van der Waals surface area (Å²) in [5.41, 5.74) is -1.55. The third-order valence-corrected chi connectivity index (χ3v) is 5.57. The largest absolute Gasteiger partial charge is 0.418 e. The molecule has 2 amide bonds. The number of alkyl halides is 3. The number of halogens is 3. The number of rotatable bonds is 5. The summed E-state index contributed by atoms with van der Waals surface area (Å²) in [7, 11) is 0. The molecule has 1 aromatic heterocycles. The van der Waals surface area contributed by atoms with Crippen LogP contribution in [0.4, 0.5) is 13.2 Å². The molecule has 28 heavy (non-hydrogen) atoms. The Kier molecular flexibility index (Phi) is 6.93. The van der Waals surface area contributed by atoms with Gasteiger partial charge in [-0.1, -0.05) is 11.8 Å². The average Bonchev–Trinajstić information content (AvgIpc) is 2.64. The van der Waals surface area contributed by atoms with E-state index in [4.69, 9.17) is 0 Å². The van der Waals surface area contributed by atoms with Gasteiger partial charge in [-0.25, -0.2) is 4.98 Å². The summed E-state index contributed by atoms with van der Waals surface area (Å²) in [6, 6.07) is 1.61. The van der Waals surface area contributed by atoms with Crippen LogP contribution in [0.3, 0.4) is 0 Å². The molecule has 1 aliphatic rings. The maximum Gasteiger partial charge on any atom is 0.418 e. The molecule has 0 N–H and O–H groups in total. The van der Waals surface area contributed by atoms with Gasteiger partial charge in [0.1, 0.15) is 11.1 Å². The van der Waals surface area contributed by atoms with E-state index < -0.39 is 17.3 Å². The van der Waals surface area contributed by atoms with Crippen LogP contribution in [-0.4, -0.2) is 52.0 Å². The minimum Gasteiger partial charge on any atom is -0.343 e. The fourth-order valence-electron chi connectivity index (χ4n) is 3.12. The highest BCUT2D eigenvalue weighted by Gasteiger charge is 2.41. The first kappa shape index (κ1) is 22.0. The second-order valence-electron chi connectivity index (χ2n) is 6.25. The van der Waals surface area contributed by atoms with Crippen molar-refractivity contribution in [3.63, 3.8) is 0 Å². The smallest absolute Gasteiger partial charge is 0.343 e. The second-order valence-corrected chi connectivity index (χ2v) is 7.21. The molecule has 2 heterocycles. The molecule has 10 heteroatoms. The zero-order chi connectivity index (χ0) is 21.1. The Morgan fingerprint density at radius 3 is 2.46 bits per heavy atom. The van der Waals surface area contributed by atoms with Crippen LogP contribution in [0, 0.1) is 11.3 Å². The molecule has 152 valence electrons. The van der Waals surface area contributed by atoms with Crippen LogP contribution in [-0.2, 0) is 28.7 Å². The fraction of sp³-hybridized carbons (Fsp3) is 0.556. The van der Waals surface area contributed by atoms with Gasteiger partial charge in [0.2, 0.25) is 11.8 Å². The highest BCUT2D eigenvalue weighted by Crippen LogP contribution is 2.40. The lowest BCUT2D eigenvalue weighted by Gasteiger charge is -2.30. The molecule has 1 aromatic rings. The number of hydrogen-bond acceptors (Lipinski definition) is 5. The quantitative estimate of drug-likeness (QED) is 0.693. The Bertz CT molecular complexity index is 817. The van der Waals surface area contributed by atoms with Crippen LogP contribution in [0.2, 0.25) is 0 Å². The molecule has 0 bridgehead atoms. The zero-order valence-corrected chi connectivity index (χ0v) is 16.7. The van der Waals surface area contributed by atoms with Crippen molar-refractivity contribution >= 4 is 23.6 Å². The number of thioether (sulfide) groups is 1. The van der Waals surface area contributed by atoms with E-state index in [0.29, 0.717) is 13.1 Å². The molecule has 0 spiro atoms. The minimum atomic E-state index is -4.77. The van der Waals surface area contributed by atoms with Gasteiger partial charge in [0, 0.05) is 50.8 Å². The third-order valence-electron chi connectivity index (χ3n) is 4.61. The van der Waals surface area contributed by atoms with E-state index in [1.165, 1.54) is 11.8 Å². The summed E-state index contributed by atoms with van der Waals surface area (Å²) in [6.07, 6.45) is -4.60. The van der Waals surface area contributed by atoms with Crippen molar-refractivity contribution in [3.05, 3.63) is 22.4 Å². The molecular weight excluding hydrogens is 393 g/mol. The molecule has 0 unspecified atom stereocenters. The number of hydrogen-bond donors (Lipinski definition) is 0. The third kappa shape index (κ3) is 4.58. The predicted molar refractivity (Wildman–Crippen MR) is 97.4 cm³/mol. The van der Waals surface area contributed by atoms with Gasteiger partial charge in [-0.3, -0.25) is 9.59 Å². The standard InChI is InChI=1S/C18H21F3N4O2S/c1-4-24(5-2)15(27)10-28-17-12(8-22)16(18(19,20)21)13-9-25(11(3)26)7-6-14(13)23-17/h4-7,9-10H2,1-3H3. The summed E-state index contributed by atoms with van der Waals surface area (Å²) < 4.78 is 41.4. The SMILES string of the molecule is CCN(CC)C(=O)CSc1nc2c(c(C(F)(F)F)c1C#N)CN(C(C)=O)CC2. The maximum atomic E-state index is 13.8. The predicted octanol–water partition coefficient (Wildman–Crippen LogP) is 2.84. The Balaban J connectivity index is 2.48. The number of nitriles is 1. The van der Waals surface area contributed by atoms with E-state index in [9.17, 15) is 28.0 Å². The van der Waals surface area contributed by atoms with E-state index in [1.807, 2.05) is 13.8 Å². The summed E-state index contributed by atoms with van der Waals surface area (Å²) in [5, 5.41) is 9.33. The second kappa shape index (κ2) is 8.82. The Labute approximate surface area is 165 Å². The maximum absolute atomic E-state index is 13.8. The highest BCUT2D eigenvalue weighted by atomic mass is 32.2. The van der Waals surface area contributed by atoms with Crippen LogP contribution in [0.15, 0.2) is 5.03 Å². The van der Waals surface area contributed by atoms with Crippen LogP contribution in [0.25, 0.3) is 0 Å². The normalized spacial score (nSPS) is 13.7. The molecule has 0 saturated heterocycles. The van der Waals surface area contributed by atoms with Crippen LogP contribution in [0.1, 0.15) is 43.2 Å². The van der Waals surface area contributed by atoms with E-state index in [-0.39, 0.29) is 53.4 Å². The van der Waals surface area contributed by atoms with Crippen molar-refractivity contribution in [2.45, 2.75) is 44.9 Å². The molecule has 0 saturated carbocycles. The molecule has 0 aliphatic carbocycles. The molecule has 0 radical (unpaired) electrons. The topological polar surface area (TPSA) is 77.3 Å². The van der Waals surface area contributed by atoms with E-state index in [0.717, 1.165) is 11.8 Å². The summed E-state index contributed by atoms with van der Waals surface area (Å²) in [4.78, 5) is 30.9. The number of nitrogens with zero attached hydrogens (tertiary/aromatic N) is 4. The van der Waals surface area contributed by atoms with Crippen molar-refractivity contribution in [3.8, 4) is 6.07 Å². The summed E-state index contributed by atoms with van der Waals surface area (Å²) in [5.74, 6) is -0.658. The van der Waals surface area contributed by atoms with E-state index in [2.05, 4.69) is 4.98 Å². The van der Waals surface area contributed by atoms with Gasteiger partial charge in [-0.05, 0) is 13.8 Å². The lowest BCUT2D eigenvalue weighted by atomic mass is 9.96. The Morgan fingerprint density at radius 2 is 1.96 bits per heavy atom.